The number of amides is 2. The quantitative estimate of drug-likeness (QED) is 0.761. The highest BCUT2D eigenvalue weighted by molar-refractivity contribution is 7.09. The zero-order chi connectivity index (χ0) is 19.3. The van der Waals surface area contributed by atoms with Gasteiger partial charge < -0.3 is 15.0 Å². The van der Waals surface area contributed by atoms with Crippen molar-refractivity contribution in [3.63, 3.8) is 0 Å². The monoisotopic (exact) mass is 375 g/mol. The van der Waals surface area contributed by atoms with E-state index in [0.717, 1.165) is 16.8 Å². The summed E-state index contributed by atoms with van der Waals surface area (Å²) in [4.78, 5) is 30.5. The summed E-state index contributed by atoms with van der Waals surface area (Å²) in [6.07, 6.45) is 0. The van der Waals surface area contributed by atoms with Crippen LogP contribution in [-0.2, 0) is 11.3 Å². The third-order valence-electron chi connectivity index (χ3n) is 4.07. The average Bonchev–Trinajstić information content (AvgIpc) is 3.05. The number of hydrogen-bond donors (Lipinski definition) is 1. The molecule has 0 radical (unpaired) electrons. The van der Waals surface area contributed by atoms with Gasteiger partial charge in [-0.3, -0.25) is 0 Å². The van der Waals surface area contributed by atoms with E-state index in [0.29, 0.717) is 18.2 Å². The van der Waals surface area contributed by atoms with Crippen LogP contribution < -0.4 is 5.32 Å². The normalized spacial score (nSPS) is 10.7. The zero-order valence-corrected chi connectivity index (χ0v) is 16.6. The first-order chi connectivity index (χ1) is 12.3. The first-order valence-electron chi connectivity index (χ1n) is 8.58. The number of thiazole rings is 1. The van der Waals surface area contributed by atoms with Crippen LogP contribution in [0.3, 0.4) is 0 Å². The molecule has 0 aliphatic rings. The maximum Gasteiger partial charge on any atom is 0.357 e. The predicted molar refractivity (Wildman–Crippen MR) is 104 cm³/mol. The molecular formula is C19H25N3O3S. The van der Waals surface area contributed by atoms with Crippen LogP contribution in [0.25, 0.3) is 0 Å². The number of aromatic nitrogens is 1. The van der Waals surface area contributed by atoms with E-state index in [1.807, 2.05) is 45.9 Å². The lowest BCUT2D eigenvalue weighted by Crippen LogP contribution is -2.39. The van der Waals surface area contributed by atoms with Crippen molar-refractivity contribution in [2.45, 2.75) is 47.2 Å². The Kier molecular flexibility index (Phi) is 6.74. The van der Waals surface area contributed by atoms with E-state index in [4.69, 9.17) is 4.74 Å². The highest BCUT2D eigenvalue weighted by Crippen LogP contribution is 2.20. The van der Waals surface area contributed by atoms with Gasteiger partial charge >= 0.3 is 12.0 Å². The molecule has 0 atom stereocenters. The lowest BCUT2D eigenvalue weighted by atomic mass is 10.1. The van der Waals surface area contributed by atoms with Gasteiger partial charge in [0.05, 0.1) is 13.2 Å². The highest BCUT2D eigenvalue weighted by Gasteiger charge is 2.21. The second-order valence-corrected chi connectivity index (χ2v) is 7.19. The van der Waals surface area contributed by atoms with Gasteiger partial charge in [0, 0.05) is 17.1 Å². The van der Waals surface area contributed by atoms with Gasteiger partial charge in [-0.15, -0.1) is 11.3 Å². The van der Waals surface area contributed by atoms with Crippen LogP contribution in [-0.4, -0.2) is 34.5 Å². The Hall–Kier alpha value is -2.41. The van der Waals surface area contributed by atoms with Crippen LogP contribution >= 0.6 is 11.3 Å². The van der Waals surface area contributed by atoms with E-state index >= 15 is 0 Å². The predicted octanol–water partition coefficient (Wildman–Crippen LogP) is 4.38. The Labute approximate surface area is 158 Å². The number of ether oxygens (including phenoxy) is 1. The molecule has 2 aromatic rings. The first kappa shape index (κ1) is 19.9. The fourth-order valence-corrected chi connectivity index (χ4v) is 3.15. The van der Waals surface area contributed by atoms with Crippen molar-refractivity contribution in [3.8, 4) is 0 Å². The molecule has 0 fully saturated rings. The van der Waals surface area contributed by atoms with Gasteiger partial charge in [0.1, 0.15) is 5.01 Å². The van der Waals surface area contributed by atoms with Crippen molar-refractivity contribution in [2.24, 2.45) is 0 Å². The van der Waals surface area contributed by atoms with E-state index in [-0.39, 0.29) is 17.8 Å². The van der Waals surface area contributed by atoms with Crippen molar-refractivity contribution < 1.29 is 14.3 Å². The van der Waals surface area contributed by atoms with E-state index in [1.165, 1.54) is 11.3 Å². The summed E-state index contributed by atoms with van der Waals surface area (Å²) in [6, 6.07) is 5.61. The number of aryl methyl sites for hydroxylation is 1. The van der Waals surface area contributed by atoms with Gasteiger partial charge in [-0.1, -0.05) is 12.1 Å². The summed E-state index contributed by atoms with van der Waals surface area (Å²) in [5.41, 5.74) is 3.25. The summed E-state index contributed by atoms with van der Waals surface area (Å²) >= 11 is 1.35. The second kappa shape index (κ2) is 8.80. The van der Waals surface area contributed by atoms with Crippen LogP contribution in [0.2, 0.25) is 0 Å². The molecule has 0 unspecified atom stereocenters. The molecule has 0 saturated heterocycles. The number of rotatable bonds is 6. The molecule has 1 heterocycles. The maximum atomic E-state index is 12.8. The number of benzene rings is 1. The Morgan fingerprint density at radius 2 is 2.04 bits per heavy atom. The molecule has 6 nitrogen and oxygen atoms in total. The van der Waals surface area contributed by atoms with Gasteiger partial charge in [-0.05, 0) is 51.8 Å². The number of nitrogens with one attached hydrogen (secondary N) is 1. The van der Waals surface area contributed by atoms with E-state index in [2.05, 4.69) is 10.3 Å². The van der Waals surface area contributed by atoms with Crippen molar-refractivity contribution in [1.82, 2.24) is 9.88 Å². The van der Waals surface area contributed by atoms with Gasteiger partial charge in [0.15, 0.2) is 5.69 Å². The standard InChI is InChI=1S/C19H25N3O3S/c1-6-25-18(23)16-11-26-17(20-16)10-22(12(2)3)19(24)21-15-9-7-8-13(4)14(15)5/h7-9,11-12H,6,10H2,1-5H3,(H,21,24). The molecule has 1 aromatic heterocycles. The Bertz CT molecular complexity index is 786. The number of anilines is 1. The number of urea groups is 1. The van der Waals surface area contributed by atoms with Crippen LogP contribution in [0, 0.1) is 13.8 Å². The number of nitrogens with zero attached hydrogens (tertiary/aromatic N) is 2. The van der Waals surface area contributed by atoms with E-state index in [1.54, 1.807) is 17.2 Å². The molecule has 140 valence electrons. The molecule has 2 amide bonds. The third-order valence-corrected chi connectivity index (χ3v) is 4.91. The van der Waals surface area contributed by atoms with Gasteiger partial charge in [0.2, 0.25) is 0 Å². The minimum atomic E-state index is -0.439. The molecule has 0 aliphatic heterocycles. The fraction of sp³-hybridized carbons (Fsp3) is 0.421. The van der Waals surface area contributed by atoms with E-state index < -0.39 is 5.97 Å². The van der Waals surface area contributed by atoms with Crippen LogP contribution in [0.15, 0.2) is 23.6 Å². The lowest BCUT2D eigenvalue weighted by molar-refractivity contribution is 0.0520. The lowest BCUT2D eigenvalue weighted by Gasteiger charge is -2.26. The van der Waals surface area contributed by atoms with Crippen molar-refractivity contribution in [3.05, 3.63) is 45.4 Å². The maximum absolute atomic E-state index is 12.8. The Morgan fingerprint density at radius 1 is 1.31 bits per heavy atom. The Morgan fingerprint density at radius 3 is 2.69 bits per heavy atom. The SMILES string of the molecule is CCOC(=O)c1csc(CN(C(=O)Nc2cccc(C)c2C)C(C)C)n1. The van der Waals surface area contributed by atoms with Crippen molar-refractivity contribution in [2.75, 3.05) is 11.9 Å². The molecular weight excluding hydrogens is 350 g/mol. The smallest absolute Gasteiger partial charge is 0.357 e. The zero-order valence-electron chi connectivity index (χ0n) is 15.8. The van der Waals surface area contributed by atoms with Crippen LogP contribution in [0.5, 0.6) is 0 Å². The number of carbonyl (C=O) groups is 2. The summed E-state index contributed by atoms with van der Waals surface area (Å²) in [5, 5.41) is 5.33. The first-order valence-corrected chi connectivity index (χ1v) is 9.46. The molecule has 2 rings (SSSR count). The van der Waals surface area contributed by atoms with Crippen LogP contribution in [0.4, 0.5) is 10.5 Å². The highest BCUT2D eigenvalue weighted by atomic mass is 32.1. The molecule has 0 saturated carbocycles. The number of esters is 1. The molecule has 0 bridgehead atoms. The molecule has 1 N–H and O–H groups in total. The van der Waals surface area contributed by atoms with Crippen molar-refractivity contribution in [1.29, 1.82) is 0 Å². The van der Waals surface area contributed by atoms with Gasteiger partial charge in [-0.25, -0.2) is 14.6 Å². The summed E-state index contributed by atoms with van der Waals surface area (Å²) in [7, 11) is 0. The summed E-state index contributed by atoms with van der Waals surface area (Å²) in [6.45, 7) is 10.3. The Balaban J connectivity index is 2.12. The minimum absolute atomic E-state index is 0.0185. The second-order valence-electron chi connectivity index (χ2n) is 6.25. The topological polar surface area (TPSA) is 71.5 Å². The molecule has 1 aromatic carbocycles. The van der Waals surface area contributed by atoms with Gasteiger partial charge in [0.25, 0.3) is 0 Å². The molecule has 7 heteroatoms. The summed E-state index contributed by atoms with van der Waals surface area (Å²) in [5.74, 6) is -0.439. The fourth-order valence-electron chi connectivity index (χ4n) is 2.39. The number of hydrogen-bond acceptors (Lipinski definition) is 5. The molecule has 0 spiro atoms. The third kappa shape index (κ3) is 4.82. The van der Waals surface area contributed by atoms with Gasteiger partial charge in [-0.2, -0.15) is 0 Å². The van der Waals surface area contributed by atoms with Crippen molar-refractivity contribution >= 4 is 29.0 Å². The average molecular weight is 375 g/mol. The number of carbonyl (C=O) groups excluding carboxylic acids is 2. The van der Waals surface area contributed by atoms with Crippen LogP contribution in [0.1, 0.15) is 47.4 Å². The minimum Gasteiger partial charge on any atom is -0.461 e. The van der Waals surface area contributed by atoms with E-state index in [9.17, 15) is 9.59 Å². The molecule has 0 aliphatic carbocycles. The largest absolute Gasteiger partial charge is 0.461 e. The molecule has 26 heavy (non-hydrogen) atoms. The summed E-state index contributed by atoms with van der Waals surface area (Å²) < 4.78 is 4.96.